The van der Waals surface area contributed by atoms with Crippen LogP contribution in [0.4, 0.5) is 11.4 Å². The smallest absolute Gasteiger partial charge is 0.230 e. The molecule has 0 atom stereocenters. The van der Waals surface area contributed by atoms with Gasteiger partial charge in [0.1, 0.15) is 0 Å². The second-order valence-corrected chi connectivity index (χ2v) is 8.14. The molecule has 6 heteroatoms. The van der Waals surface area contributed by atoms with Crippen molar-refractivity contribution in [2.24, 2.45) is 12.0 Å². The fourth-order valence-corrected chi connectivity index (χ4v) is 4.09. The number of benzene rings is 2. The lowest BCUT2D eigenvalue weighted by Gasteiger charge is -2.07. The van der Waals surface area contributed by atoms with Gasteiger partial charge in [0.25, 0.3) is 0 Å². The van der Waals surface area contributed by atoms with Gasteiger partial charge < -0.3 is 9.88 Å². The van der Waals surface area contributed by atoms with E-state index >= 15 is 0 Å². The molecule has 0 aliphatic carbocycles. The van der Waals surface area contributed by atoms with E-state index in [1.165, 1.54) is 5.56 Å². The Bertz CT molecular complexity index is 1020. The lowest BCUT2D eigenvalue weighted by atomic mass is 10.1. The predicted molar refractivity (Wildman–Crippen MR) is 116 cm³/mol. The van der Waals surface area contributed by atoms with Crippen LogP contribution in [0.15, 0.2) is 57.3 Å². The van der Waals surface area contributed by atoms with Gasteiger partial charge in [-0.05, 0) is 54.8 Å². The standard InChI is InChI=1S/C21H22BrN3OS/c1-4-15-5-8-17(9-6-15)23-20(26)12-18-13-27-21(25(18)3)24-19-10-7-16(22)11-14(19)2/h5-11,13H,4,12H2,1-3H3,(H,23,26). The van der Waals surface area contributed by atoms with Crippen LogP contribution in [0.3, 0.4) is 0 Å². The molecule has 3 rings (SSSR count). The Labute approximate surface area is 171 Å². The lowest BCUT2D eigenvalue weighted by Crippen LogP contribution is -2.19. The van der Waals surface area contributed by atoms with Gasteiger partial charge in [-0.15, -0.1) is 11.3 Å². The van der Waals surface area contributed by atoms with Crippen LogP contribution in [-0.2, 0) is 24.7 Å². The second kappa shape index (κ2) is 8.67. The topological polar surface area (TPSA) is 46.4 Å². The molecule has 0 aliphatic heterocycles. The van der Waals surface area contributed by atoms with E-state index in [4.69, 9.17) is 4.99 Å². The fraction of sp³-hybridized carbons (Fsp3) is 0.238. The maximum atomic E-state index is 12.4. The molecule has 0 saturated heterocycles. The number of aryl methyl sites for hydroxylation is 2. The Morgan fingerprint density at radius 2 is 1.96 bits per heavy atom. The summed E-state index contributed by atoms with van der Waals surface area (Å²) >= 11 is 5.02. The minimum atomic E-state index is -0.0287. The third-order valence-electron chi connectivity index (χ3n) is 4.38. The Kier molecular flexibility index (Phi) is 6.29. The molecule has 1 N–H and O–H groups in total. The van der Waals surface area contributed by atoms with Crippen LogP contribution in [0.2, 0.25) is 0 Å². The van der Waals surface area contributed by atoms with E-state index in [0.29, 0.717) is 6.42 Å². The summed E-state index contributed by atoms with van der Waals surface area (Å²) in [7, 11) is 1.95. The summed E-state index contributed by atoms with van der Waals surface area (Å²) in [5, 5.41) is 4.95. The van der Waals surface area contributed by atoms with Crippen molar-refractivity contribution in [3.63, 3.8) is 0 Å². The second-order valence-electron chi connectivity index (χ2n) is 6.39. The highest BCUT2D eigenvalue weighted by Crippen LogP contribution is 2.22. The number of carbonyl (C=O) groups excluding carboxylic acids is 1. The van der Waals surface area contributed by atoms with Gasteiger partial charge in [-0.3, -0.25) is 4.79 Å². The average Bonchev–Trinajstić information content (AvgIpc) is 2.98. The number of anilines is 1. The van der Waals surface area contributed by atoms with Crippen LogP contribution in [0, 0.1) is 6.92 Å². The van der Waals surface area contributed by atoms with Gasteiger partial charge in [0.05, 0.1) is 12.1 Å². The van der Waals surface area contributed by atoms with Gasteiger partial charge in [-0.2, -0.15) is 0 Å². The van der Waals surface area contributed by atoms with Gasteiger partial charge in [-0.1, -0.05) is 35.0 Å². The van der Waals surface area contributed by atoms with Crippen molar-refractivity contribution in [1.82, 2.24) is 4.57 Å². The molecule has 1 amide bonds. The first-order chi connectivity index (χ1) is 13.0. The molecule has 0 saturated carbocycles. The summed E-state index contributed by atoms with van der Waals surface area (Å²) in [6.45, 7) is 4.15. The number of hydrogen-bond acceptors (Lipinski definition) is 3. The van der Waals surface area contributed by atoms with Gasteiger partial charge in [-0.25, -0.2) is 4.99 Å². The van der Waals surface area contributed by atoms with Crippen molar-refractivity contribution in [3.8, 4) is 0 Å². The molecule has 1 aromatic heterocycles. The summed E-state index contributed by atoms with van der Waals surface area (Å²) in [5.74, 6) is -0.0287. The molecule has 0 unspecified atom stereocenters. The number of rotatable bonds is 5. The van der Waals surface area contributed by atoms with E-state index in [0.717, 1.165) is 38.3 Å². The van der Waals surface area contributed by atoms with Gasteiger partial charge >= 0.3 is 0 Å². The molecule has 27 heavy (non-hydrogen) atoms. The zero-order valence-corrected chi connectivity index (χ0v) is 18.0. The van der Waals surface area contributed by atoms with E-state index in [1.54, 1.807) is 11.3 Å². The maximum absolute atomic E-state index is 12.4. The van der Waals surface area contributed by atoms with Crippen LogP contribution in [0.5, 0.6) is 0 Å². The molecular formula is C21H22BrN3OS. The van der Waals surface area contributed by atoms with Crippen molar-refractivity contribution in [2.75, 3.05) is 5.32 Å². The molecule has 0 spiro atoms. The predicted octanol–water partition coefficient (Wildman–Crippen LogP) is 5.13. The van der Waals surface area contributed by atoms with Gasteiger partial charge in [0.15, 0.2) is 4.80 Å². The van der Waals surface area contributed by atoms with Crippen LogP contribution < -0.4 is 10.1 Å². The highest BCUT2D eigenvalue weighted by molar-refractivity contribution is 9.10. The summed E-state index contributed by atoms with van der Waals surface area (Å²) in [5.41, 5.74) is 5.06. The van der Waals surface area contributed by atoms with Crippen LogP contribution in [-0.4, -0.2) is 10.5 Å². The first-order valence-corrected chi connectivity index (χ1v) is 10.5. The number of halogens is 1. The normalized spacial score (nSPS) is 11.6. The average molecular weight is 444 g/mol. The van der Waals surface area contributed by atoms with E-state index < -0.39 is 0 Å². The van der Waals surface area contributed by atoms with E-state index in [2.05, 4.69) is 28.2 Å². The quantitative estimate of drug-likeness (QED) is 0.583. The molecule has 1 heterocycles. The van der Waals surface area contributed by atoms with Crippen LogP contribution >= 0.6 is 27.3 Å². The summed E-state index contributed by atoms with van der Waals surface area (Å²) < 4.78 is 3.02. The highest BCUT2D eigenvalue weighted by atomic mass is 79.9. The number of aromatic nitrogens is 1. The van der Waals surface area contributed by atoms with Crippen molar-refractivity contribution >= 4 is 44.5 Å². The van der Waals surface area contributed by atoms with Crippen LogP contribution in [0.1, 0.15) is 23.7 Å². The molecule has 140 valence electrons. The molecular weight excluding hydrogens is 422 g/mol. The Morgan fingerprint density at radius 1 is 1.22 bits per heavy atom. The molecule has 0 aliphatic rings. The van der Waals surface area contributed by atoms with Crippen molar-refractivity contribution in [3.05, 3.63) is 73.9 Å². The summed E-state index contributed by atoms with van der Waals surface area (Å²) in [6, 6.07) is 14.0. The largest absolute Gasteiger partial charge is 0.326 e. The number of nitrogens with one attached hydrogen (secondary N) is 1. The lowest BCUT2D eigenvalue weighted by molar-refractivity contribution is -0.115. The minimum absolute atomic E-state index is 0.0287. The Hall–Kier alpha value is -2.18. The number of thiazole rings is 1. The van der Waals surface area contributed by atoms with Crippen molar-refractivity contribution in [1.29, 1.82) is 0 Å². The monoisotopic (exact) mass is 443 g/mol. The zero-order valence-electron chi connectivity index (χ0n) is 15.6. The van der Waals surface area contributed by atoms with E-state index in [-0.39, 0.29) is 5.91 Å². The molecule has 0 radical (unpaired) electrons. The maximum Gasteiger partial charge on any atom is 0.230 e. The first-order valence-electron chi connectivity index (χ1n) is 8.79. The van der Waals surface area contributed by atoms with E-state index in [1.807, 2.05) is 66.4 Å². The van der Waals surface area contributed by atoms with Gasteiger partial charge in [0, 0.05) is 28.3 Å². The zero-order chi connectivity index (χ0) is 19.4. The van der Waals surface area contributed by atoms with E-state index in [9.17, 15) is 4.79 Å². The van der Waals surface area contributed by atoms with Crippen LogP contribution in [0.25, 0.3) is 0 Å². The van der Waals surface area contributed by atoms with Crippen molar-refractivity contribution < 1.29 is 4.79 Å². The molecule has 0 fully saturated rings. The molecule has 0 bridgehead atoms. The molecule has 3 aromatic rings. The van der Waals surface area contributed by atoms with Crippen molar-refractivity contribution in [2.45, 2.75) is 26.7 Å². The summed E-state index contributed by atoms with van der Waals surface area (Å²) in [4.78, 5) is 18.0. The Morgan fingerprint density at radius 3 is 2.63 bits per heavy atom. The number of hydrogen-bond donors (Lipinski definition) is 1. The highest BCUT2D eigenvalue weighted by Gasteiger charge is 2.09. The summed E-state index contributed by atoms with van der Waals surface area (Å²) in [6.07, 6.45) is 1.31. The third-order valence-corrected chi connectivity index (χ3v) is 5.84. The fourth-order valence-electron chi connectivity index (χ4n) is 2.70. The SMILES string of the molecule is CCc1ccc(NC(=O)Cc2csc(=Nc3ccc(Br)cc3C)n2C)cc1. The number of carbonyl (C=O) groups is 1. The molecule has 4 nitrogen and oxygen atoms in total. The van der Waals surface area contributed by atoms with Gasteiger partial charge in [0.2, 0.25) is 5.91 Å². The third kappa shape index (κ3) is 4.96. The Balaban J connectivity index is 1.74. The molecule has 2 aromatic carbocycles. The minimum Gasteiger partial charge on any atom is -0.326 e. The number of amides is 1. The number of nitrogens with zero attached hydrogens (tertiary/aromatic N) is 2. The first kappa shape index (κ1) is 19.6.